The standard InChI is InChI=1S/C16H13F2N3O3S2/c1-9-2-5-14-13(6-9)20-16(21-26(14,23)24)25-8-15(22)19-12-4-3-10(17)7-11(12)18/h2-7H,8H2,1H3,(H,19,22)(H,20,21). The van der Waals surface area contributed by atoms with Gasteiger partial charge in [-0.15, -0.1) is 4.40 Å². The van der Waals surface area contributed by atoms with Gasteiger partial charge in [-0.3, -0.25) is 4.79 Å². The van der Waals surface area contributed by atoms with E-state index in [9.17, 15) is 22.0 Å². The minimum atomic E-state index is -3.85. The highest BCUT2D eigenvalue weighted by Gasteiger charge is 2.25. The van der Waals surface area contributed by atoms with Crippen molar-refractivity contribution in [2.75, 3.05) is 16.4 Å². The van der Waals surface area contributed by atoms with Crippen LogP contribution in [0.2, 0.25) is 0 Å². The Morgan fingerprint density at radius 3 is 2.73 bits per heavy atom. The molecule has 0 atom stereocenters. The summed E-state index contributed by atoms with van der Waals surface area (Å²) in [6.07, 6.45) is 0. The van der Waals surface area contributed by atoms with Crippen LogP contribution in [-0.4, -0.2) is 25.2 Å². The smallest absolute Gasteiger partial charge is 0.286 e. The van der Waals surface area contributed by atoms with Gasteiger partial charge in [-0.1, -0.05) is 17.8 Å². The van der Waals surface area contributed by atoms with E-state index in [0.29, 0.717) is 11.8 Å². The number of rotatable bonds is 3. The van der Waals surface area contributed by atoms with E-state index in [2.05, 4.69) is 15.0 Å². The Kier molecular flexibility index (Phi) is 4.97. The van der Waals surface area contributed by atoms with E-state index in [0.717, 1.165) is 29.5 Å². The van der Waals surface area contributed by atoms with E-state index in [1.54, 1.807) is 12.1 Å². The highest BCUT2D eigenvalue weighted by molar-refractivity contribution is 8.15. The molecule has 1 amide bonds. The van der Waals surface area contributed by atoms with Crippen molar-refractivity contribution in [1.29, 1.82) is 0 Å². The predicted molar refractivity (Wildman–Crippen MR) is 96.9 cm³/mol. The number of nitrogens with zero attached hydrogens (tertiary/aromatic N) is 1. The number of sulfonamides is 1. The Morgan fingerprint density at radius 2 is 2.00 bits per heavy atom. The van der Waals surface area contributed by atoms with Gasteiger partial charge in [-0.25, -0.2) is 8.78 Å². The summed E-state index contributed by atoms with van der Waals surface area (Å²) in [5, 5.41) is 5.19. The average Bonchev–Trinajstić information content (AvgIpc) is 2.54. The molecule has 1 aliphatic heterocycles. The Hall–Kier alpha value is -2.46. The molecule has 136 valence electrons. The molecule has 2 aromatic rings. The highest BCUT2D eigenvalue weighted by Crippen LogP contribution is 2.30. The number of thioether (sulfide) groups is 1. The second-order valence-corrected chi connectivity index (χ2v) is 7.99. The van der Waals surface area contributed by atoms with Gasteiger partial charge in [-0.05, 0) is 36.8 Å². The molecule has 0 unspecified atom stereocenters. The maximum absolute atomic E-state index is 13.5. The molecule has 1 heterocycles. The van der Waals surface area contributed by atoms with E-state index in [-0.39, 0.29) is 21.5 Å². The normalized spacial score (nSPS) is 14.8. The number of hydrogen-bond acceptors (Lipinski definition) is 5. The van der Waals surface area contributed by atoms with Gasteiger partial charge in [0.1, 0.15) is 16.5 Å². The van der Waals surface area contributed by atoms with Crippen LogP contribution < -0.4 is 10.6 Å². The molecule has 0 saturated carbocycles. The molecule has 0 aliphatic carbocycles. The Bertz CT molecular complexity index is 1020. The van der Waals surface area contributed by atoms with Crippen molar-refractivity contribution in [1.82, 2.24) is 0 Å². The van der Waals surface area contributed by atoms with Gasteiger partial charge in [-0.2, -0.15) is 8.42 Å². The van der Waals surface area contributed by atoms with Crippen LogP contribution in [0.15, 0.2) is 45.7 Å². The zero-order valence-electron chi connectivity index (χ0n) is 13.4. The molecule has 0 aromatic heterocycles. The maximum atomic E-state index is 13.5. The largest absolute Gasteiger partial charge is 0.333 e. The first-order valence-electron chi connectivity index (χ1n) is 7.35. The third-order valence-electron chi connectivity index (χ3n) is 3.40. The monoisotopic (exact) mass is 397 g/mol. The second-order valence-electron chi connectivity index (χ2n) is 5.46. The van der Waals surface area contributed by atoms with Gasteiger partial charge < -0.3 is 10.6 Å². The van der Waals surface area contributed by atoms with Crippen molar-refractivity contribution in [2.24, 2.45) is 4.40 Å². The number of carbonyl (C=O) groups excluding carboxylic acids is 1. The number of aryl methyl sites for hydroxylation is 1. The summed E-state index contributed by atoms with van der Waals surface area (Å²) in [7, 11) is -3.85. The Balaban J connectivity index is 1.68. The van der Waals surface area contributed by atoms with Crippen molar-refractivity contribution in [3.63, 3.8) is 0 Å². The van der Waals surface area contributed by atoms with Crippen molar-refractivity contribution < 1.29 is 22.0 Å². The number of anilines is 2. The molecular formula is C16H13F2N3O3S2. The minimum Gasteiger partial charge on any atom is -0.333 e. The van der Waals surface area contributed by atoms with E-state index in [1.165, 1.54) is 6.07 Å². The fraction of sp³-hybridized carbons (Fsp3) is 0.125. The summed E-state index contributed by atoms with van der Waals surface area (Å²) in [5.74, 6) is -2.45. The molecule has 0 saturated heterocycles. The molecule has 0 bridgehead atoms. The van der Waals surface area contributed by atoms with Crippen LogP contribution in [0, 0.1) is 18.6 Å². The Labute approximate surface area is 152 Å². The molecule has 0 radical (unpaired) electrons. The lowest BCUT2D eigenvalue weighted by atomic mass is 10.2. The third kappa shape index (κ3) is 4.02. The van der Waals surface area contributed by atoms with Crippen LogP contribution in [0.25, 0.3) is 0 Å². The van der Waals surface area contributed by atoms with Crippen LogP contribution in [0.5, 0.6) is 0 Å². The summed E-state index contributed by atoms with van der Waals surface area (Å²) >= 11 is 0.857. The zero-order chi connectivity index (χ0) is 18.9. The molecule has 0 fully saturated rings. The summed E-state index contributed by atoms with van der Waals surface area (Å²) in [4.78, 5) is 12.0. The molecule has 0 spiro atoms. The maximum Gasteiger partial charge on any atom is 0.286 e. The molecular weight excluding hydrogens is 384 g/mol. The molecule has 3 rings (SSSR count). The van der Waals surface area contributed by atoms with E-state index in [1.807, 2.05) is 6.92 Å². The van der Waals surface area contributed by atoms with Crippen LogP contribution >= 0.6 is 11.8 Å². The van der Waals surface area contributed by atoms with Crippen molar-refractivity contribution in [3.05, 3.63) is 53.6 Å². The van der Waals surface area contributed by atoms with Crippen molar-refractivity contribution in [3.8, 4) is 0 Å². The second kappa shape index (κ2) is 7.04. The zero-order valence-corrected chi connectivity index (χ0v) is 15.0. The predicted octanol–water partition coefficient (Wildman–Crippen LogP) is 3.12. The molecule has 6 nitrogen and oxygen atoms in total. The van der Waals surface area contributed by atoms with Gasteiger partial charge in [0, 0.05) is 6.07 Å². The lowest BCUT2D eigenvalue weighted by Crippen LogP contribution is -2.22. The number of nitrogens with one attached hydrogen (secondary N) is 2. The third-order valence-corrected chi connectivity index (χ3v) is 5.73. The number of fused-ring (bicyclic) bond motifs is 1. The molecule has 10 heteroatoms. The number of carbonyl (C=O) groups is 1. The lowest BCUT2D eigenvalue weighted by Gasteiger charge is -2.18. The van der Waals surface area contributed by atoms with Gasteiger partial charge in [0.15, 0.2) is 5.17 Å². The first-order chi connectivity index (χ1) is 12.2. The van der Waals surface area contributed by atoms with Gasteiger partial charge in [0.2, 0.25) is 5.91 Å². The number of amides is 1. The highest BCUT2D eigenvalue weighted by atomic mass is 32.2. The summed E-state index contributed by atoms with van der Waals surface area (Å²) in [5.41, 5.74) is 1.08. The molecule has 2 aromatic carbocycles. The van der Waals surface area contributed by atoms with Crippen LogP contribution in [0.1, 0.15) is 5.56 Å². The van der Waals surface area contributed by atoms with Crippen LogP contribution in [0.4, 0.5) is 20.2 Å². The van der Waals surface area contributed by atoms with E-state index < -0.39 is 27.6 Å². The SMILES string of the molecule is Cc1ccc2c(c1)NC(SCC(=O)Nc1ccc(F)cc1F)=NS2(=O)=O. The summed E-state index contributed by atoms with van der Waals surface area (Å²) in [6.45, 7) is 1.82. The summed E-state index contributed by atoms with van der Waals surface area (Å²) in [6, 6.07) is 7.56. The first kappa shape index (κ1) is 18.3. The van der Waals surface area contributed by atoms with E-state index >= 15 is 0 Å². The van der Waals surface area contributed by atoms with E-state index in [4.69, 9.17) is 0 Å². The summed E-state index contributed by atoms with van der Waals surface area (Å²) < 4.78 is 54.4. The molecule has 2 N–H and O–H groups in total. The van der Waals surface area contributed by atoms with Gasteiger partial charge in [0.05, 0.1) is 17.1 Å². The number of amidine groups is 1. The fourth-order valence-corrected chi connectivity index (χ4v) is 4.25. The number of halogens is 2. The topological polar surface area (TPSA) is 87.6 Å². The van der Waals surface area contributed by atoms with Crippen molar-refractivity contribution >= 4 is 44.2 Å². The molecule has 1 aliphatic rings. The number of hydrogen-bond donors (Lipinski definition) is 2. The van der Waals surface area contributed by atoms with Crippen molar-refractivity contribution in [2.45, 2.75) is 11.8 Å². The molecule has 26 heavy (non-hydrogen) atoms. The average molecular weight is 397 g/mol. The van der Waals surface area contributed by atoms with Crippen LogP contribution in [0.3, 0.4) is 0 Å². The fourth-order valence-electron chi connectivity index (χ4n) is 2.24. The number of benzene rings is 2. The van der Waals surface area contributed by atoms with Gasteiger partial charge in [0.25, 0.3) is 10.0 Å². The van der Waals surface area contributed by atoms with Gasteiger partial charge >= 0.3 is 0 Å². The Morgan fingerprint density at radius 1 is 1.23 bits per heavy atom. The quantitative estimate of drug-likeness (QED) is 0.831. The van der Waals surface area contributed by atoms with Crippen LogP contribution in [-0.2, 0) is 14.8 Å². The lowest BCUT2D eigenvalue weighted by molar-refractivity contribution is -0.113. The minimum absolute atomic E-state index is 0.0397. The first-order valence-corrected chi connectivity index (χ1v) is 9.77.